The van der Waals surface area contributed by atoms with Gasteiger partial charge in [-0.15, -0.1) is 11.3 Å². The van der Waals surface area contributed by atoms with Crippen LogP contribution < -0.4 is 10.6 Å². The summed E-state index contributed by atoms with van der Waals surface area (Å²) in [5.74, 6) is 0.745. The lowest BCUT2D eigenvalue weighted by molar-refractivity contribution is 0.106. The van der Waals surface area contributed by atoms with Crippen molar-refractivity contribution in [1.82, 2.24) is 15.6 Å². The van der Waals surface area contributed by atoms with E-state index >= 15 is 0 Å². The Morgan fingerprint density at radius 1 is 1.42 bits per heavy atom. The van der Waals surface area contributed by atoms with E-state index in [1.807, 2.05) is 44.3 Å². The molecule has 0 aliphatic carbocycles. The van der Waals surface area contributed by atoms with Crippen LogP contribution in [0, 0.1) is 6.92 Å². The maximum absolute atomic E-state index is 6.06. The van der Waals surface area contributed by atoms with Gasteiger partial charge < -0.3 is 15.4 Å². The molecule has 5 nitrogen and oxygen atoms in total. The summed E-state index contributed by atoms with van der Waals surface area (Å²) in [5, 5.41) is 8.26. The van der Waals surface area contributed by atoms with Gasteiger partial charge in [-0.1, -0.05) is 23.7 Å². The van der Waals surface area contributed by atoms with Crippen molar-refractivity contribution in [2.24, 2.45) is 4.99 Å². The number of aryl methyl sites for hydroxylation is 1. The molecule has 0 fully saturated rings. The number of guanidine groups is 1. The van der Waals surface area contributed by atoms with Gasteiger partial charge in [0, 0.05) is 36.3 Å². The fraction of sp³-hybridized carbons (Fsp3) is 0.412. The predicted molar refractivity (Wildman–Crippen MR) is 101 cm³/mol. The number of nitrogens with zero attached hydrogens (tertiary/aromatic N) is 2. The third kappa shape index (κ3) is 5.78. The molecule has 130 valence electrons. The van der Waals surface area contributed by atoms with E-state index in [0.717, 1.165) is 23.1 Å². The van der Waals surface area contributed by atoms with E-state index in [1.54, 1.807) is 18.4 Å². The van der Waals surface area contributed by atoms with Crippen LogP contribution in [0.15, 0.2) is 35.5 Å². The molecule has 1 aromatic heterocycles. The minimum absolute atomic E-state index is 0.102. The minimum Gasteiger partial charge on any atom is -0.375 e. The summed E-state index contributed by atoms with van der Waals surface area (Å²) in [6, 6.07) is 7.70. The molecule has 0 aliphatic rings. The Morgan fingerprint density at radius 3 is 2.88 bits per heavy atom. The fourth-order valence-corrected chi connectivity index (χ4v) is 3.11. The molecular weight excluding hydrogens is 344 g/mol. The number of nitrogens with one attached hydrogen (secondary N) is 2. The zero-order valence-corrected chi connectivity index (χ0v) is 15.7. The SMILES string of the molecule is CCNC(=NCc1ncc(C)s1)NCC(OC)c1cccc(Cl)c1. The van der Waals surface area contributed by atoms with Crippen LogP contribution >= 0.6 is 22.9 Å². The fourth-order valence-electron chi connectivity index (χ4n) is 2.20. The van der Waals surface area contributed by atoms with E-state index in [1.165, 1.54) is 4.88 Å². The first-order valence-electron chi connectivity index (χ1n) is 7.84. The number of benzene rings is 1. The Morgan fingerprint density at radius 2 is 2.25 bits per heavy atom. The zero-order chi connectivity index (χ0) is 17.4. The number of rotatable bonds is 7. The highest BCUT2D eigenvalue weighted by Crippen LogP contribution is 2.19. The minimum atomic E-state index is -0.102. The smallest absolute Gasteiger partial charge is 0.191 e. The summed E-state index contributed by atoms with van der Waals surface area (Å²) in [7, 11) is 1.69. The van der Waals surface area contributed by atoms with Gasteiger partial charge in [-0.05, 0) is 31.5 Å². The first kappa shape index (κ1) is 18.7. The third-order valence-corrected chi connectivity index (χ3v) is 4.48. The monoisotopic (exact) mass is 366 g/mol. The van der Waals surface area contributed by atoms with Crippen molar-refractivity contribution in [3.05, 3.63) is 50.9 Å². The number of thiazole rings is 1. The lowest BCUT2D eigenvalue weighted by Gasteiger charge is -2.18. The maximum atomic E-state index is 6.06. The molecule has 0 aliphatic heterocycles. The largest absolute Gasteiger partial charge is 0.375 e. The van der Waals surface area contributed by atoms with Crippen molar-refractivity contribution < 1.29 is 4.74 Å². The van der Waals surface area contributed by atoms with Crippen molar-refractivity contribution in [1.29, 1.82) is 0 Å². The van der Waals surface area contributed by atoms with Crippen LogP contribution in [0.2, 0.25) is 5.02 Å². The normalized spacial score (nSPS) is 12.9. The summed E-state index contributed by atoms with van der Waals surface area (Å²) < 4.78 is 5.57. The highest BCUT2D eigenvalue weighted by Gasteiger charge is 2.11. The van der Waals surface area contributed by atoms with Crippen LogP contribution in [0.4, 0.5) is 0 Å². The van der Waals surface area contributed by atoms with Crippen LogP contribution in [-0.4, -0.2) is 31.1 Å². The van der Waals surface area contributed by atoms with Crippen LogP contribution in [0.3, 0.4) is 0 Å². The molecule has 2 aromatic rings. The molecule has 0 bridgehead atoms. The van der Waals surface area contributed by atoms with Gasteiger partial charge in [0.15, 0.2) is 5.96 Å². The molecule has 1 aromatic carbocycles. The van der Waals surface area contributed by atoms with Crippen LogP contribution in [0.25, 0.3) is 0 Å². The topological polar surface area (TPSA) is 58.5 Å². The first-order chi connectivity index (χ1) is 11.6. The summed E-state index contributed by atoms with van der Waals surface area (Å²) in [4.78, 5) is 10.1. The second-order valence-electron chi connectivity index (χ2n) is 5.22. The summed E-state index contributed by atoms with van der Waals surface area (Å²) in [5.41, 5.74) is 1.03. The first-order valence-corrected chi connectivity index (χ1v) is 9.03. The lowest BCUT2D eigenvalue weighted by atomic mass is 10.1. The molecule has 24 heavy (non-hydrogen) atoms. The van der Waals surface area contributed by atoms with Crippen molar-refractivity contribution >= 4 is 28.9 Å². The van der Waals surface area contributed by atoms with Gasteiger partial charge in [0.2, 0.25) is 0 Å². The van der Waals surface area contributed by atoms with E-state index in [4.69, 9.17) is 16.3 Å². The Hall–Kier alpha value is -1.63. The Balaban J connectivity index is 1.98. The molecule has 1 unspecified atom stereocenters. The molecule has 2 rings (SSSR count). The molecule has 1 atom stereocenters. The van der Waals surface area contributed by atoms with Crippen molar-refractivity contribution in [3.8, 4) is 0 Å². The molecule has 0 spiro atoms. The van der Waals surface area contributed by atoms with E-state index in [-0.39, 0.29) is 6.10 Å². The average Bonchev–Trinajstić information content (AvgIpc) is 2.98. The van der Waals surface area contributed by atoms with Gasteiger partial charge in [0.25, 0.3) is 0 Å². The number of aromatic nitrogens is 1. The van der Waals surface area contributed by atoms with Gasteiger partial charge >= 0.3 is 0 Å². The van der Waals surface area contributed by atoms with Gasteiger partial charge in [0.1, 0.15) is 5.01 Å². The molecule has 0 saturated heterocycles. The molecule has 7 heteroatoms. The molecule has 1 heterocycles. The van der Waals surface area contributed by atoms with E-state index in [0.29, 0.717) is 18.1 Å². The van der Waals surface area contributed by atoms with Crippen LogP contribution in [0.5, 0.6) is 0 Å². The maximum Gasteiger partial charge on any atom is 0.191 e. The number of halogens is 1. The molecule has 2 N–H and O–H groups in total. The Labute approximate surface area is 152 Å². The second kappa shape index (κ2) is 9.61. The number of methoxy groups -OCH3 is 1. The number of hydrogen-bond donors (Lipinski definition) is 2. The third-order valence-electron chi connectivity index (χ3n) is 3.35. The Kier molecular flexibility index (Phi) is 7.49. The highest BCUT2D eigenvalue weighted by atomic mass is 35.5. The van der Waals surface area contributed by atoms with E-state index in [9.17, 15) is 0 Å². The van der Waals surface area contributed by atoms with Crippen molar-refractivity contribution in [2.45, 2.75) is 26.5 Å². The van der Waals surface area contributed by atoms with Crippen molar-refractivity contribution in [2.75, 3.05) is 20.2 Å². The van der Waals surface area contributed by atoms with Crippen LogP contribution in [-0.2, 0) is 11.3 Å². The van der Waals surface area contributed by atoms with Crippen molar-refractivity contribution in [3.63, 3.8) is 0 Å². The Bertz CT molecular complexity index is 674. The van der Waals surface area contributed by atoms with Gasteiger partial charge in [0.05, 0.1) is 12.6 Å². The summed E-state index contributed by atoms with van der Waals surface area (Å²) >= 11 is 7.72. The van der Waals surface area contributed by atoms with Gasteiger partial charge in [-0.2, -0.15) is 0 Å². The number of hydrogen-bond acceptors (Lipinski definition) is 4. The zero-order valence-electron chi connectivity index (χ0n) is 14.2. The van der Waals surface area contributed by atoms with Crippen LogP contribution in [0.1, 0.15) is 28.5 Å². The molecular formula is C17H23ClN4OS. The van der Waals surface area contributed by atoms with Gasteiger partial charge in [-0.3, -0.25) is 0 Å². The number of aliphatic imine (C=N–C) groups is 1. The quantitative estimate of drug-likeness (QED) is 0.581. The second-order valence-corrected chi connectivity index (χ2v) is 6.98. The summed E-state index contributed by atoms with van der Waals surface area (Å²) in [6.07, 6.45) is 1.77. The highest BCUT2D eigenvalue weighted by molar-refractivity contribution is 7.11. The van der Waals surface area contributed by atoms with Gasteiger partial charge in [-0.25, -0.2) is 9.98 Å². The summed E-state index contributed by atoms with van der Waals surface area (Å²) in [6.45, 7) is 6.03. The number of ether oxygens (including phenoxy) is 1. The van der Waals surface area contributed by atoms with E-state index < -0.39 is 0 Å². The molecule has 0 amide bonds. The predicted octanol–water partition coefficient (Wildman–Crippen LogP) is 3.55. The van der Waals surface area contributed by atoms with E-state index in [2.05, 4.69) is 20.6 Å². The standard InChI is InChI=1S/C17H23ClN4OS/c1-4-19-17(22-11-16-20-9-12(2)24-16)21-10-15(23-3)13-6-5-7-14(18)8-13/h5-9,15H,4,10-11H2,1-3H3,(H2,19,21,22). The average molecular weight is 367 g/mol. The molecule has 0 saturated carbocycles. The molecule has 0 radical (unpaired) electrons. The lowest BCUT2D eigenvalue weighted by Crippen LogP contribution is -2.39.